The zero-order chi connectivity index (χ0) is 14.8. The van der Waals surface area contributed by atoms with Crippen LogP contribution < -0.4 is 11.1 Å². The quantitative estimate of drug-likeness (QED) is 0.435. The van der Waals surface area contributed by atoms with E-state index in [0.717, 1.165) is 18.6 Å². The first-order valence-electron chi connectivity index (χ1n) is 6.97. The molecule has 1 aromatic rings. The summed E-state index contributed by atoms with van der Waals surface area (Å²) < 4.78 is 5.44. The third-order valence-corrected chi connectivity index (χ3v) is 2.55. The fourth-order valence-corrected chi connectivity index (χ4v) is 1.60. The van der Waals surface area contributed by atoms with Crippen LogP contribution in [0.4, 0.5) is 5.69 Å². The Kier molecular flexibility index (Phi) is 7.43. The van der Waals surface area contributed by atoms with E-state index < -0.39 is 0 Å². The minimum Gasteiger partial charge on any atom is -0.399 e. The number of amides is 1. The summed E-state index contributed by atoms with van der Waals surface area (Å²) in [6.45, 7) is 6.30. The Balaban J connectivity index is 2.17. The second-order valence-corrected chi connectivity index (χ2v) is 5.12. The van der Waals surface area contributed by atoms with Crippen molar-refractivity contribution >= 4 is 17.7 Å². The Hall–Kier alpha value is -1.81. The molecule has 4 nitrogen and oxygen atoms in total. The van der Waals surface area contributed by atoms with E-state index in [0.29, 0.717) is 24.8 Å². The molecule has 0 aliphatic carbocycles. The van der Waals surface area contributed by atoms with E-state index in [9.17, 15) is 4.79 Å². The third-order valence-electron chi connectivity index (χ3n) is 2.55. The number of nitrogen functional groups attached to an aromatic ring is 1. The molecule has 0 fully saturated rings. The Bertz CT molecular complexity index is 442. The molecule has 0 aliphatic heterocycles. The summed E-state index contributed by atoms with van der Waals surface area (Å²) >= 11 is 0. The van der Waals surface area contributed by atoms with Gasteiger partial charge in [0.2, 0.25) is 5.91 Å². The number of hydrogen-bond donors (Lipinski definition) is 2. The number of ether oxygens (including phenoxy) is 1. The van der Waals surface area contributed by atoms with Crippen LogP contribution in [0.3, 0.4) is 0 Å². The lowest BCUT2D eigenvalue weighted by atomic mass is 10.2. The average Bonchev–Trinajstić information content (AvgIpc) is 2.40. The van der Waals surface area contributed by atoms with Crippen molar-refractivity contribution in [3.63, 3.8) is 0 Å². The minimum atomic E-state index is -0.101. The van der Waals surface area contributed by atoms with E-state index in [-0.39, 0.29) is 5.91 Å². The topological polar surface area (TPSA) is 64.3 Å². The molecule has 0 saturated heterocycles. The van der Waals surface area contributed by atoms with Crippen LogP contribution in [-0.4, -0.2) is 25.7 Å². The molecule has 1 aromatic carbocycles. The second kappa shape index (κ2) is 9.15. The summed E-state index contributed by atoms with van der Waals surface area (Å²) in [6, 6.07) is 7.40. The lowest BCUT2D eigenvalue weighted by Gasteiger charge is -2.06. The number of anilines is 1. The molecule has 0 atom stereocenters. The number of carbonyl (C=O) groups is 1. The summed E-state index contributed by atoms with van der Waals surface area (Å²) in [5.74, 6) is 0.446. The lowest BCUT2D eigenvalue weighted by molar-refractivity contribution is -0.116. The molecule has 0 spiro atoms. The first-order valence-corrected chi connectivity index (χ1v) is 6.97. The van der Waals surface area contributed by atoms with Gasteiger partial charge in [-0.2, -0.15) is 0 Å². The van der Waals surface area contributed by atoms with Gasteiger partial charge >= 0.3 is 0 Å². The van der Waals surface area contributed by atoms with Gasteiger partial charge in [-0.3, -0.25) is 4.79 Å². The molecule has 0 saturated carbocycles. The van der Waals surface area contributed by atoms with Gasteiger partial charge in [-0.05, 0) is 36.1 Å². The molecule has 0 unspecified atom stereocenters. The highest BCUT2D eigenvalue weighted by atomic mass is 16.5. The maximum Gasteiger partial charge on any atom is 0.244 e. The molecule has 0 aromatic heterocycles. The predicted octanol–water partition coefficient (Wildman–Crippen LogP) is 2.46. The Morgan fingerprint density at radius 3 is 2.95 bits per heavy atom. The van der Waals surface area contributed by atoms with Crippen LogP contribution in [0.2, 0.25) is 0 Å². The Labute approximate surface area is 121 Å². The molecule has 0 bridgehead atoms. The van der Waals surface area contributed by atoms with Gasteiger partial charge in [0.05, 0.1) is 0 Å². The number of rotatable bonds is 8. The molecular formula is C16H24N2O2. The molecule has 0 heterocycles. The molecule has 0 aliphatic rings. The van der Waals surface area contributed by atoms with Gasteiger partial charge in [0.15, 0.2) is 0 Å². The number of benzene rings is 1. The molecule has 4 heteroatoms. The SMILES string of the molecule is CC(C)COCCCNC(=O)/C=C/c1cccc(N)c1. The van der Waals surface area contributed by atoms with Crippen molar-refractivity contribution in [2.45, 2.75) is 20.3 Å². The lowest BCUT2D eigenvalue weighted by Crippen LogP contribution is -2.23. The highest BCUT2D eigenvalue weighted by Crippen LogP contribution is 2.07. The molecule has 1 amide bonds. The molecule has 110 valence electrons. The van der Waals surface area contributed by atoms with Crippen molar-refractivity contribution in [3.8, 4) is 0 Å². The summed E-state index contributed by atoms with van der Waals surface area (Å²) in [6.07, 6.45) is 4.09. The smallest absolute Gasteiger partial charge is 0.244 e. The van der Waals surface area contributed by atoms with Gasteiger partial charge in [-0.1, -0.05) is 26.0 Å². The maximum absolute atomic E-state index is 11.6. The van der Waals surface area contributed by atoms with Crippen LogP contribution >= 0.6 is 0 Å². The van der Waals surface area contributed by atoms with E-state index in [4.69, 9.17) is 10.5 Å². The first-order chi connectivity index (χ1) is 9.58. The standard InChI is InChI=1S/C16H24N2O2/c1-13(2)12-20-10-4-9-18-16(19)8-7-14-5-3-6-15(17)11-14/h3,5-8,11,13H,4,9-10,12,17H2,1-2H3,(H,18,19)/b8-7+. The predicted molar refractivity (Wildman–Crippen MR) is 83.2 cm³/mol. The summed E-state index contributed by atoms with van der Waals surface area (Å²) in [5.41, 5.74) is 7.27. The molecule has 0 radical (unpaired) electrons. The summed E-state index contributed by atoms with van der Waals surface area (Å²) in [5, 5.41) is 2.82. The van der Waals surface area contributed by atoms with Gasteiger partial charge in [-0.25, -0.2) is 0 Å². The maximum atomic E-state index is 11.6. The molecule has 3 N–H and O–H groups in total. The largest absolute Gasteiger partial charge is 0.399 e. The van der Waals surface area contributed by atoms with Gasteiger partial charge in [-0.15, -0.1) is 0 Å². The fraction of sp³-hybridized carbons (Fsp3) is 0.438. The monoisotopic (exact) mass is 276 g/mol. The van der Waals surface area contributed by atoms with E-state index in [1.807, 2.05) is 24.3 Å². The van der Waals surface area contributed by atoms with Crippen LogP contribution in [-0.2, 0) is 9.53 Å². The molecular weight excluding hydrogens is 252 g/mol. The van der Waals surface area contributed by atoms with E-state index in [1.165, 1.54) is 6.08 Å². The summed E-state index contributed by atoms with van der Waals surface area (Å²) in [4.78, 5) is 11.6. The minimum absolute atomic E-state index is 0.101. The average molecular weight is 276 g/mol. The molecule has 20 heavy (non-hydrogen) atoms. The highest BCUT2D eigenvalue weighted by Gasteiger charge is 1.97. The van der Waals surface area contributed by atoms with Gasteiger partial charge in [0.25, 0.3) is 0 Å². The van der Waals surface area contributed by atoms with Crippen LogP contribution in [0.1, 0.15) is 25.8 Å². The van der Waals surface area contributed by atoms with Gasteiger partial charge in [0, 0.05) is 31.5 Å². The number of carbonyl (C=O) groups excluding carboxylic acids is 1. The normalized spacial score (nSPS) is 11.2. The van der Waals surface area contributed by atoms with Crippen LogP contribution in [0, 0.1) is 5.92 Å². The number of nitrogens with two attached hydrogens (primary N) is 1. The Morgan fingerprint density at radius 2 is 2.25 bits per heavy atom. The van der Waals surface area contributed by atoms with E-state index in [2.05, 4.69) is 19.2 Å². The van der Waals surface area contributed by atoms with Crippen LogP contribution in [0.25, 0.3) is 6.08 Å². The summed E-state index contributed by atoms with van der Waals surface area (Å²) in [7, 11) is 0. The van der Waals surface area contributed by atoms with Gasteiger partial charge < -0.3 is 15.8 Å². The van der Waals surface area contributed by atoms with Crippen LogP contribution in [0.15, 0.2) is 30.3 Å². The van der Waals surface area contributed by atoms with Crippen molar-refractivity contribution in [2.24, 2.45) is 5.92 Å². The van der Waals surface area contributed by atoms with Crippen molar-refractivity contribution in [2.75, 3.05) is 25.5 Å². The zero-order valence-corrected chi connectivity index (χ0v) is 12.3. The van der Waals surface area contributed by atoms with Crippen molar-refractivity contribution in [1.82, 2.24) is 5.32 Å². The van der Waals surface area contributed by atoms with Crippen LogP contribution in [0.5, 0.6) is 0 Å². The molecule has 1 rings (SSSR count). The number of nitrogens with one attached hydrogen (secondary N) is 1. The van der Waals surface area contributed by atoms with Crippen molar-refractivity contribution < 1.29 is 9.53 Å². The Morgan fingerprint density at radius 1 is 1.45 bits per heavy atom. The van der Waals surface area contributed by atoms with E-state index >= 15 is 0 Å². The third kappa shape index (κ3) is 7.59. The highest BCUT2D eigenvalue weighted by molar-refractivity contribution is 5.91. The second-order valence-electron chi connectivity index (χ2n) is 5.12. The van der Waals surface area contributed by atoms with E-state index in [1.54, 1.807) is 6.08 Å². The first kappa shape index (κ1) is 16.2. The van der Waals surface area contributed by atoms with Crippen molar-refractivity contribution in [1.29, 1.82) is 0 Å². The van der Waals surface area contributed by atoms with Crippen molar-refractivity contribution in [3.05, 3.63) is 35.9 Å². The zero-order valence-electron chi connectivity index (χ0n) is 12.3. The number of hydrogen-bond acceptors (Lipinski definition) is 3. The van der Waals surface area contributed by atoms with Gasteiger partial charge in [0.1, 0.15) is 0 Å². The fourth-order valence-electron chi connectivity index (χ4n) is 1.60.